The zero-order chi connectivity index (χ0) is 20.6. The molecule has 0 aromatic heterocycles. The molecule has 0 spiro atoms. The molecule has 3 rings (SSSR count). The van der Waals surface area contributed by atoms with Gasteiger partial charge in [0.05, 0.1) is 7.11 Å². The fourth-order valence-electron chi connectivity index (χ4n) is 3.35. The molecule has 1 fully saturated rings. The van der Waals surface area contributed by atoms with Crippen molar-refractivity contribution in [2.75, 3.05) is 20.3 Å². The molecule has 1 N–H and O–H groups in total. The maximum Gasteiger partial charge on any atom is 0.222 e. The van der Waals surface area contributed by atoms with Crippen LogP contribution >= 0.6 is 0 Å². The lowest BCUT2D eigenvalue weighted by Gasteiger charge is -2.15. The van der Waals surface area contributed by atoms with Gasteiger partial charge in [-0.3, -0.25) is 4.79 Å². The van der Waals surface area contributed by atoms with Crippen LogP contribution in [0.25, 0.3) is 0 Å². The second-order valence-electron chi connectivity index (χ2n) is 7.57. The van der Waals surface area contributed by atoms with Gasteiger partial charge in [-0.15, -0.1) is 0 Å². The van der Waals surface area contributed by atoms with Crippen molar-refractivity contribution in [3.63, 3.8) is 0 Å². The van der Waals surface area contributed by atoms with Gasteiger partial charge in [0.2, 0.25) is 5.91 Å². The minimum Gasteiger partial charge on any atom is -0.493 e. The van der Waals surface area contributed by atoms with Gasteiger partial charge >= 0.3 is 0 Å². The van der Waals surface area contributed by atoms with Crippen LogP contribution in [0.2, 0.25) is 0 Å². The summed E-state index contributed by atoms with van der Waals surface area (Å²) >= 11 is 0. The van der Waals surface area contributed by atoms with E-state index in [9.17, 15) is 4.79 Å². The summed E-state index contributed by atoms with van der Waals surface area (Å²) in [6.07, 6.45) is 1.67. The van der Waals surface area contributed by atoms with E-state index in [4.69, 9.17) is 9.47 Å². The van der Waals surface area contributed by atoms with Gasteiger partial charge in [0.15, 0.2) is 11.5 Å². The maximum absolute atomic E-state index is 11.8. The predicted octanol–water partition coefficient (Wildman–Crippen LogP) is 4.06. The number of amides is 1. The fraction of sp³-hybridized carbons (Fsp3) is 0.375. The Morgan fingerprint density at radius 2 is 1.76 bits per heavy atom. The van der Waals surface area contributed by atoms with Crippen LogP contribution in [0.4, 0.5) is 0 Å². The number of benzene rings is 2. The van der Waals surface area contributed by atoms with Crippen molar-refractivity contribution in [1.82, 2.24) is 10.2 Å². The summed E-state index contributed by atoms with van der Waals surface area (Å²) in [5.74, 6) is 1.72. The van der Waals surface area contributed by atoms with E-state index >= 15 is 0 Å². The third-order valence-corrected chi connectivity index (χ3v) is 4.93. The minimum absolute atomic E-state index is 0.266. The molecule has 5 nitrogen and oxygen atoms in total. The second-order valence-corrected chi connectivity index (χ2v) is 7.57. The maximum atomic E-state index is 11.8. The Bertz CT molecular complexity index is 846. The first-order chi connectivity index (χ1) is 14.0. The molecule has 1 heterocycles. The highest BCUT2D eigenvalue weighted by atomic mass is 16.5. The lowest BCUT2D eigenvalue weighted by atomic mass is 10.1. The second kappa shape index (κ2) is 10.1. The topological polar surface area (TPSA) is 50.8 Å². The number of rotatable bonds is 10. The molecule has 0 aliphatic carbocycles. The number of hydrogen-bond donors (Lipinski definition) is 1. The standard InChI is InChI=1S/C24H30N2O3/c1-18(2)17-29-23-13-21(10-11-22(23)28-3)15-25-14-19-6-8-20(9-7-19)16-26-12-4-5-24(26)27/h6-11,13,25H,1,4-5,12,14-17H2,2-3H3. The summed E-state index contributed by atoms with van der Waals surface area (Å²) in [4.78, 5) is 13.7. The van der Waals surface area contributed by atoms with Crippen LogP contribution in [0.15, 0.2) is 54.6 Å². The Balaban J connectivity index is 1.50. The summed E-state index contributed by atoms with van der Waals surface area (Å²) < 4.78 is 11.2. The van der Waals surface area contributed by atoms with Crippen molar-refractivity contribution in [2.24, 2.45) is 0 Å². The minimum atomic E-state index is 0.266. The number of nitrogens with zero attached hydrogens (tertiary/aromatic N) is 1. The highest BCUT2D eigenvalue weighted by Gasteiger charge is 2.19. The van der Waals surface area contributed by atoms with E-state index in [1.165, 1.54) is 11.1 Å². The van der Waals surface area contributed by atoms with Crippen LogP contribution in [0, 0.1) is 0 Å². The van der Waals surface area contributed by atoms with Gasteiger partial charge in [0, 0.05) is 32.6 Å². The lowest BCUT2D eigenvalue weighted by Crippen LogP contribution is -2.23. The van der Waals surface area contributed by atoms with Crippen molar-refractivity contribution >= 4 is 5.91 Å². The van der Waals surface area contributed by atoms with Gasteiger partial charge in [-0.25, -0.2) is 0 Å². The molecule has 2 aromatic rings. The van der Waals surface area contributed by atoms with Crippen molar-refractivity contribution in [3.8, 4) is 11.5 Å². The summed E-state index contributed by atoms with van der Waals surface area (Å²) in [7, 11) is 1.64. The summed E-state index contributed by atoms with van der Waals surface area (Å²) in [5, 5.41) is 3.47. The van der Waals surface area contributed by atoms with Gasteiger partial charge in [0.1, 0.15) is 6.61 Å². The highest BCUT2D eigenvalue weighted by Crippen LogP contribution is 2.28. The normalized spacial score (nSPS) is 13.6. The molecule has 0 radical (unpaired) electrons. The molecular weight excluding hydrogens is 364 g/mol. The Labute approximate surface area is 173 Å². The fourth-order valence-corrected chi connectivity index (χ4v) is 3.35. The SMILES string of the molecule is C=C(C)COc1cc(CNCc2ccc(CN3CCCC3=O)cc2)ccc1OC. The van der Waals surface area contributed by atoms with Gasteiger partial charge in [-0.2, -0.15) is 0 Å². The summed E-state index contributed by atoms with van der Waals surface area (Å²) in [6.45, 7) is 9.38. The van der Waals surface area contributed by atoms with E-state index < -0.39 is 0 Å². The average molecular weight is 395 g/mol. The van der Waals surface area contributed by atoms with E-state index in [0.717, 1.165) is 48.7 Å². The molecule has 1 aliphatic rings. The van der Waals surface area contributed by atoms with E-state index in [1.807, 2.05) is 30.0 Å². The smallest absolute Gasteiger partial charge is 0.222 e. The monoisotopic (exact) mass is 394 g/mol. The summed E-state index contributed by atoms with van der Waals surface area (Å²) in [6, 6.07) is 14.4. The molecule has 29 heavy (non-hydrogen) atoms. The number of ether oxygens (including phenoxy) is 2. The molecule has 0 bridgehead atoms. The molecule has 1 aliphatic heterocycles. The van der Waals surface area contributed by atoms with Crippen molar-refractivity contribution in [1.29, 1.82) is 0 Å². The third kappa shape index (κ3) is 6.09. The lowest BCUT2D eigenvalue weighted by molar-refractivity contribution is -0.128. The molecule has 1 saturated heterocycles. The van der Waals surface area contributed by atoms with E-state index in [2.05, 4.69) is 36.2 Å². The van der Waals surface area contributed by atoms with Gasteiger partial charge in [-0.05, 0) is 47.7 Å². The van der Waals surface area contributed by atoms with Crippen molar-refractivity contribution < 1.29 is 14.3 Å². The first kappa shape index (κ1) is 20.9. The Morgan fingerprint density at radius 1 is 1.07 bits per heavy atom. The highest BCUT2D eigenvalue weighted by molar-refractivity contribution is 5.78. The van der Waals surface area contributed by atoms with E-state index in [0.29, 0.717) is 19.6 Å². The van der Waals surface area contributed by atoms with Crippen LogP contribution in [0.1, 0.15) is 36.5 Å². The number of carbonyl (C=O) groups is 1. The number of carbonyl (C=O) groups excluding carboxylic acids is 1. The van der Waals surface area contributed by atoms with Crippen LogP contribution < -0.4 is 14.8 Å². The van der Waals surface area contributed by atoms with Gasteiger partial charge in [-0.1, -0.05) is 36.9 Å². The Hall–Kier alpha value is -2.79. The Morgan fingerprint density at radius 3 is 2.41 bits per heavy atom. The number of likely N-dealkylation sites (tertiary alicyclic amines) is 1. The van der Waals surface area contributed by atoms with Crippen LogP contribution in [-0.2, 0) is 24.4 Å². The van der Waals surface area contributed by atoms with Crippen molar-refractivity contribution in [3.05, 3.63) is 71.3 Å². The molecule has 0 unspecified atom stereocenters. The van der Waals surface area contributed by atoms with E-state index in [1.54, 1.807) is 7.11 Å². The average Bonchev–Trinajstić information content (AvgIpc) is 3.12. The van der Waals surface area contributed by atoms with Crippen LogP contribution in [0.5, 0.6) is 11.5 Å². The van der Waals surface area contributed by atoms with Crippen LogP contribution in [0.3, 0.4) is 0 Å². The zero-order valence-corrected chi connectivity index (χ0v) is 17.4. The van der Waals surface area contributed by atoms with Gasteiger partial charge in [0.25, 0.3) is 0 Å². The quantitative estimate of drug-likeness (QED) is 0.618. The third-order valence-electron chi connectivity index (χ3n) is 4.93. The summed E-state index contributed by atoms with van der Waals surface area (Å²) in [5.41, 5.74) is 4.49. The van der Waals surface area contributed by atoms with Crippen LogP contribution in [-0.4, -0.2) is 31.1 Å². The number of hydrogen-bond acceptors (Lipinski definition) is 4. The number of nitrogens with one attached hydrogen (secondary N) is 1. The molecule has 0 saturated carbocycles. The molecule has 1 amide bonds. The first-order valence-electron chi connectivity index (χ1n) is 10.1. The molecule has 2 aromatic carbocycles. The first-order valence-corrected chi connectivity index (χ1v) is 10.1. The van der Waals surface area contributed by atoms with E-state index in [-0.39, 0.29) is 5.91 Å². The largest absolute Gasteiger partial charge is 0.493 e. The predicted molar refractivity (Wildman–Crippen MR) is 115 cm³/mol. The number of methoxy groups -OCH3 is 1. The van der Waals surface area contributed by atoms with Crippen molar-refractivity contribution in [2.45, 2.75) is 39.4 Å². The molecule has 154 valence electrons. The molecule has 5 heteroatoms. The van der Waals surface area contributed by atoms with Gasteiger partial charge < -0.3 is 19.7 Å². The zero-order valence-electron chi connectivity index (χ0n) is 17.4. The molecule has 0 atom stereocenters. The Kier molecular flexibility index (Phi) is 7.30. The molecular formula is C24H30N2O3.